The average Bonchev–Trinajstić information content (AvgIpc) is 2.87. The second-order valence-corrected chi connectivity index (χ2v) is 5.43. The number of fused-ring (bicyclic) bond motifs is 1. The van der Waals surface area contributed by atoms with E-state index >= 15 is 0 Å². The van der Waals surface area contributed by atoms with Gasteiger partial charge in [-0.15, -0.1) is 11.6 Å². The summed E-state index contributed by atoms with van der Waals surface area (Å²) in [6, 6.07) is 13.6. The summed E-state index contributed by atoms with van der Waals surface area (Å²) in [6.45, 7) is 0. The Morgan fingerprint density at radius 2 is 1.81 bits per heavy atom. The molecule has 0 bridgehead atoms. The van der Waals surface area contributed by atoms with Crippen molar-refractivity contribution < 1.29 is 4.74 Å². The summed E-state index contributed by atoms with van der Waals surface area (Å²) in [4.78, 5) is 16.7. The Hall–Kier alpha value is -2.20. The highest BCUT2D eigenvalue weighted by atomic mass is 35.5. The van der Waals surface area contributed by atoms with Gasteiger partial charge in [-0.05, 0) is 41.8 Å². The van der Waals surface area contributed by atoms with Gasteiger partial charge in [-0.2, -0.15) is 0 Å². The van der Waals surface area contributed by atoms with Gasteiger partial charge >= 0.3 is 5.69 Å². The minimum Gasteiger partial charge on any atom is -0.497 e. The fourth-order valence-electron chi connectivity index (χ4n) is 2.33. The first-order valence-electron chi connectivity index (χ1n) is 6.64. The number of nitrogens with one attached hydrogen (secondary N) is 2. The van der Waals surface area contributed by atoms with Crippen LogP contribution in [0.3, 0.4) is 0 Å². The van der Waals surface area contributed by atoms with E-state index < -0.39 is 0 Å². The molecular formula is C16H15ClN2O2. The Morgan fingerprint density at radius 3 is 2.52 bits per heavy atom. The minimum atomic E-state index is -0.205. The smallest absolute Gasteiger partial charge is 0.323 e. The van der Waals surface area contributed by atoms with Crippen LogP contribution in [0, 0.1) is 0 Å². The first-order chi connectivity index (χ1) is 10.2. The molecule has 21 heavy (non-hydrogen) atoms. The topological polar surface area (TPSA) is 57.9 Å². The van der Waals surface area contributed by atoms with Gasteiger partial charge in [0.25, 0.3) is 0 Å². The minimum absolute atomic E-state index is 0.152. The van der Waals surface area contributed by atoms with Crippen LogP contribution in [-0.4, -0.2) is 17.1 Å². The molecule has 1 atom stereocenters. The normalized spacial score (nSPS) is 12.5. The summed E-state index contributed by atoms with van der Waals surface area (Å²) in [5, 5.41) is -0.152. The highest BCUT2D eigenvalue weighted by Crippen LogP contribution is 2.27. The predicted octanol–water partition coefficient (Wildman–Crippen LogP) is 3.39. The third-order valence-electron chi connectivity index (χ3n) is 3.48. The van der Waals surface area contributed by atoms with Gasteiger partial charge in [0.2, 0.25) is 0 Å². The molecule has 0 saturated carbocycles. The molecule has 2 N–H and O–H groups in total. The number of aromatic nitrogens is 2. The monoisotopic (exact) mass is 302 g/mol. The summed E-state index contributed by atoms with van der Waals surface area (Å²) in [7, 11) is 1.65. The van der Waals surface area contributed by atoms with Crippen LogP contribution in [0.15, 0.2) is 47.3 Å². The Kier molecular flexibility index (Phi) is 3.71. The van der Waals surface area contributed by atoms with Crippen LogP contribution in [0.5, 0.6) is 5.75 Å². The molecule has 1 unspecified atom stereocenters. The van der Waals surface area contributed by atoms with E-state index in [1.165, 1.54) is 0 Å². The molecule has 0 spiro atoms. The summed E-state index contributed by atoms with van der Waals surface area (Å²) in [5.41, 5.74) is 3.48. The van der Waals surface area contributed by atoms with Crippen LogP contribution in [-0.2, 0) is 6.42 Å². The van der Waals surface area contributed by atoms with Crippen LogP contribution in [0.1, 0.15) is 16.5 Å². The van der Waals surface area contributed by atoms with E-state index in [-0.39, 0.29) is 11.1 Å². The molecule has 2 aromatic carbocycles. The molecule has 1 heterocycles. The molecule has 0 radical (unpaired) electrons. The quantitative estimate of drug-likeness (QED) is 0.726. The van der Waals surface area contributed by atoms with Gasteiger partial charge < -0.3 is 14.7 Å². The third kappa shape index (κ3) is 2.95. The van der Waals surface area contributed by atoms with Crippen molar-refractivity contribution in [3.05, 3.63) is 64.1 Å². The van der Waals surface area contributed by atoms with Crippen molar-refractivity contribution in [2.75, 3.05) is 7.11 Å². The fraction of sp³-hybridized carbons (Fsp3) is 0.188. The predicted molar refractivity (Wildman–Crippen MR) is 84.2 cm³/mol. The van der Waals surface area contributed by atoms with Crippen LogP contribution in [0.4, 0.5) is 0 Å². The molecule has 3 rings (SSSR count). The first-order valence-corrected chi connectivity index (χ1v) is 7.08. The van der Waals surface area contributed by atoms with Gasteiger partial charge in [0, 0.05) is 0 Å². The number of rotatable bonds is 4. The van der Waals surface area contributed by atoms with E-state index in [0.29, 0.717) is 6.42 Å². The van der Waals surface area contributed by atoms with Crippen molar-refractivity contribution in [3.8, 4) is 5.75 Å². The number of aromatic amines is 2. The van der Waals surface area contributed by atoms with Gasteiger partial charge in [0.05, 0.1) is 23.5 Å². The Balaban J connectivity index is 1.81. The SMILES string of the molecule is COc1ccc(CC(Cl)c2ccc3[nH]c(=O)[nH]c3c2)cc1. The molecule has 0 amide bonds. The van der Waals surface area contributed by atoms with Gasteiger partial charge in [-0.3, -0.25) is 0 Å². The molecule has 0 saturated heterocycles. The van der Waals surface area contributed by atoms with Crippen molar-refractivity contribution in [2.24, 2.45) is 0 Å². The van der Waals surface area contributed by atoms with Crippen molar-refractivity contribution in [1.82, 2.24) is 9.97 Å². The first kappa shape index (κ1) is 13.8. The van der Waals surface area contributed by atoms with Crippen molar-refractivity contribution in [1.29, 1.82) is 0 Å². The maximum atomic E-state index is 11.3. The highest BCUT2D eigenvalue weighted by molar-refractivity contribution is 6.21. The highest BCUT2D eigenvalue weighted by Gasteiger charge is 2.10. The lowest BCUT2D eigenvalue weighted by Gasteiger charge is -2.10. The van der Waals surface area contributed by atoms with Crippen LogP contribution < -0.4 is 10.4 Å². The Labute approximate surface area is 126 Å². The molecule has 4 nitrogen and oxygen atoms in total. The second-order valence-electron chi connectivity index (χ2n) is 4.90. The lowest BCUT2D eigenvalue weighted by atomic mass is 10.0. The summed E-state index contributed by atoms with van der Waals surface area (Å²) in [5.74, 6) is 0.830. The zero-order chi connectivity index (χ0) is 14.8. The van der Waals surface area contributed by atoms with Crippen LogP contribution in [0.25, 0.3) is 11.0 Å². The van der Waals surface area contributed by atoms with E-state index in [2.05, 4.69) is 9.97 Å². The fourth-order valence-corrected chi connectivity index (χ4v) is 2.65. The van der Waals surface area contributed by atoms with Crippen molar-refractivity contribution in [2.45, 2.75) is 11.8 Å². The molecule has 1 aromatic heterocycles. The largest absolute Gasteiger partial charge is 0.497 e. The molecular weight excluding hydrogens is 288 g/mol. The average molecular weight is 303 g/mol. The molecule has 0 fully saturated rings. The molecule has 3 aromatic rings. The maximum Gasteiger partial charge on any atom is 0.323 e. The standard InChI is InChI=1S/C16H15ClN2O2/c1-21-12-5-2-10(3-6-12)8-13(17)11-4-7-14-15(9-11)19-16(20)18-14/h2-7,9,13H,8H2,1H3,(H2,18,19,20). The van der Waals surface area contributed by atoms with E-state index in [9.17, 15) is 4.79 Å². The second kappa shape index (κ2) is 5.66. The molecule has 0 aliphatic heterocycles. The number of ether oxygens (including phenoxy) is 1. The number of methoxy groups -OCH3 is 1. The third-order valence-corrected chi connectivity index (χ3v) is 3.88. The molecule has 108 valence electrons. The molecule has 0 aliphatic carbocycles. The van der Waals surface area contributed by atoms with Crippen molar-refractivity contribution >= 4 is 22.6 Å². The molecule has 0 aliphatic rings. The number of imidazole rings is 1. The van der Waals surface area contributed by atoms with E-state index in [4.69, 9.17) is 16.3 Å². The lowest BCUT2D eigenvalue weighted by Crippen LogP contribution is -1.99. The van der Waals surface area contributed by atoms with E-state index in [1.807, 2.05) is 42.5 Å². The van der Waals surface area contributed by atoms with Crippen LogP contribution in [0.2, 0.25) is 0 Å². The zero-order valence-electron chi connectivity index (χ0n) is 11.5. The van der Waals surface area contributed by atoms with Gasteiger partial charge in [-0.25, -0.2) is 4.79 Å². The van der Waals surface area contributed by atoms with Gasteiger partial charge in [-0.1, -0.05) is 18.2 Å². The number of alkyl halides is 1. The number of hydrogen-bond donors (Lipinski definition) is 2. The van der Waals surface area contributed by atoms with E-state index in [0.717, 1.165) is 27.9 Å². The van der Waals surface area contributed by atoms with Gasteiger partial charge in [0.15, 0.2) is 0 Å². The van der Waals surface area contributed by atoms with Crippen molar-refractivity contribution in [3.63, 3.8) is 0 Å². The maximum absolute atomic E-state index is 11.3. The Morgan fingerprint density at radius 1 is 1.10 bits per heavy atom. The van der Waals surface area contributed by atoms with Gasteiger partial charge in [0.1, 0.15) is 5.75 Å². The molecule has 5 heteroatoms. The number of hydrogen-bond acceptors (Lipinski definition) is 2. The summed E-state index contributed by atoms with van der Waals surface area (Å²) < 4.78 is 5.14. The Bertz CT molecular complexity index is 805. The number of benzene rings is 2. The summed E-state index contributed by atoms with van der Waals surface area (Å²) in [6.07, 6.45) is 0.714. The van der Waals surface area contributed by atoms with E-state index in [1.54, 1.807) is 7.11 Å². The number of H-pyrrole nitrogens is 2. The zero-order valence-corrected chi connectivity index (χ0v) is 12.3. The lowest BCUT2D eigenvalue weighted by molar-refractivity contribution is 0.414. The summed E-state index contributed by atoms with van der Waals surface area (Å²) >= 11 is 6.49. The van der Waals surface area contributed by atoms with Crippen LogP contribution >= 0.6 is 11.6 Å². The number of halogens is 1.